The first-order chi connectivity index (χ1) is 13.8. The maximum atomic E-state index is 5.49. The van der Waals surface area contributed by atoms with Gasteiger partial charge in [0, 0.05) is 33.9 Å². The molecule has 1 aliphatic heterocycles. The van der Waals surface area contributed by atoms with Crippen molar-refractivity contribution in [3.8, 4) is 5.75 Å². The summed E-state index contributed by atoms with van der Waals surface area (Å²) >= 11 is 0. The van der Waals surface area contributed by atoms with Crippen LogP contribution in [0.2, 0.25) is 0 Å². The van der Waals surface area contributed by atoms with E-state index in [2.05, 4.69) is 38.7 Å². The molecule has 1 aromatic carbocycles. The first-order valence-corrected chi connectivity index (χ1v) is 10.2. The van der Waals surface area contributed by atoms with Crippen molar-refractivity contribution in [2.75, 3.05) is 67.3 Å². The minimum atomic E-state index is 0. The van der Waals surface area contributed by atoms with Gasteiger partial charge in [-0.2, -0.15) is 0 Å². The molecule has 1 atom stereocenters. The summed E-state index contributed by atoms with van der Waals surface area (Å²) in [5.41, 5.74) is 1.27. The molecule has 7 nitrogen and oxygen atoms in total. The lowest BCUT2D eigenvalue weighted by Gasteiger charge is -2.29. The Labute approximate surface area is 192 Å². The SMILES string of the molecule is CN=C(NCCCOCCOC)NCC(c1cccc(OC)c1)N1CCCC1.I. The molecule has 29 heavy (non-hydrogen) atoms. The van der Waals surface area contributed by atoms with E-state index in [9.17, 15) is 0 Å². The normalized spacial score (nSPS) is 15.6. The summed E-state index contributed by atoms with van der Waals surface area (Å²) in [5.74, 6) is 1.72. The van der Waals surface area contributed by atoms with Gasteiger partial charge >= 0.3 is 0 Å². The maximum absolute atomic E-state index is 5.49. The summed E-state index contributed by atoms with van der Waals surface area (Å²) in [4.78, 5) is 6.89. The molecule has 166 valence electrons. The molecular weight excluding hydrogens is 483 g/mol. The molecule has 0 bridgehead atoms. The van der Waals surface area contributed by atoms with Gasteiger partial charge in [-0.1, -0.05) is 12.1 Å². The highest BCUT2D eigenvalue weighted by Gasteiger charge is 2.24. The minimum absolute atomic E-state index is 0. The van der Waals surface area contributed by atoms with Crippen molar-refractivity contribution in [1.82, 2.24) is 15.5 Å². The summed E-state index contributed by atoms with van der Waals surface area (Å²) in [6, 6.07) is 8.67. The first-order valence-electron chi connectivity index (χ1n) is 10.2. The van der Waals surface area contributed by atoms with Crippen LogP contribution in [-0.2, 0) is 9.47 Å². The number of hydrogen-bond acceptors (Lipinski definition) is 5. The molecule has 0 spiro atoms. The van der Waals surface area contributed by atoms with Crippen LogP contribution in [0, 0.1) is 0 Å². The maximum Gasteiger partial charge on any atom is 0.191 e. The number of halogens is 1. The van der Waals surface area contributed by atoms with Gasteiger partial charge in [-0.15, -0.1) is 24.0 Å². The van der Waals surface area contributed by atoms with Crippen LogP contribution in [0.1, 0.15) is 30.9 Å². The van der Waals surface area contributed by atoms with Crippen molar-refractivity contribution >= 4 is 29.9 Å². The van der Waals surface area contributed by atoms with Gasteiger partial charge in [0.1, 0.15) is 5.75 Å². The molecular formula is C21H37IN4O3. The van der Waals surface area contributed by atoms with Gasteiger partial charge in [0.15, 0.2) is 5.96 Å². The third kappa shape index (κ3) is 9.50. The summed E-state index contributed by atoms with van der Waals surface area (Å²) in [7, 11) is 5.20. The highest BCUT2D eigenvalue weighted by atomic mass is 127. The second kappa shape index (κ2) is 15.7. The van der Waals surface area contributed by atoms with Crippen LogP contribution in [0.25, 0.3) is 0 Å². The Morgan fingerprint density at radius 3 is 2.62 bits per heavy atom. The van der Waals surface area contributed by atoms with Crippen LogP contribution in [-0.4, -0.2) is 78.1 Å². The number of rotatable bonds is 12. The second-order valence-electron chi connectivity index (χ2n) is 6.87. The first kappa shape index (κ1) is 25.9. The van der Waals surface area contributed by atoms with Crippen LogP contribution in [0.4, 0.5) is 0 Å². The molecule has 1 heterocycles. The summed E-state index contributed by atoms with van der Waals surface area (Å²) in [6.45, 7) is 5.88. The molecule has 2 N–H and O–H groups in total. The molecule has 0 radical (unpaired) electrons. The predicted molar refractivity (Wildman–Crippen MR) is 129 cm³/mol. The van der Waals surface area contributed by atoms with Crippen LogP contribution < -0.4 is 15.4 Å². The lowest BCUT2D eigenvalue weighted by molar-refractivity contribution is 0.0698. The smallest absolute Gasteiger partial charge is 0.191 e. The zero-order valence-electron chi connectivity index (χ0n) is 18.0. The number of aliphatic imine (C=N–C) groups is 1. The van der Waals surface area contributed by atoms with E-state index >= 15 is 0 Å². The monoisotopic (exact) mass is 520 g/mol. The van der Waals surface area contributed by atoms with Gasteiger partial charge in [0.25, 0.3) is 0 Å². The molecule has 1 aromatic rings. The van der Waals surface area contributed by atoms with E-state index in [1.807, 2.05) is 6.07 Å². The number of nitrogens with zero attached hydrogens (tertiary/aromatic N) is 2. The Morgan fingerprint density at radius 1 is 1.14 bits per heavy atom. The number of benzene rings is 1. The van der Waals surface area contributed by atoms with Gasteiger partial charge in [-0.05, 0) is 50.0 Å². The van der Waals surface area contributed by atoms with Gasteiger partial charge in [-0.3, -0.25) is 9.89 Å². The lowest BCUT2D eigenvalue weighted by Crippen LogP contribution is -2.43. The Balaban J connectivity index is 0.00000420. The molecule has 0 aromatic heterocycles. The zero-order valence-corrected chi connectivity index (χ0v) is 20.3. The number of methoxy groups -OCH3 is 2. The highest BCUT2D eigenvalue weighted by Crippen LogP contribution is 2.27. The number of hydrogen-bond donors (Lipinski definition) is 2. The Kier molecular flexibility index (Phi) is 14.0. The van der Waals surface area contributed by atoms with E-state index in [1.54, 1.807) is 21.3 Å². The average molecular weight is 520 g/mol. The fraction of sp³-hybridized carbons (Fsp3) is 0.667. The highest BCUT2D eigenvalue weighted by molar-refractivity contribution is 14.0. The standard InChI is InChI=1S/C21H36N4O3.HI/c1-22-21(23-10-7-13-28-15-14-26-2)24-17-20(25-11-4-5-12-25)18-8-6-9-19(16-18)27-3;/h6,8-9,16,20H,4-5,7,10-15,17H2,1-3H3,(H2,22,23,24);1H. The summed E-state index contributed by atoms with van der Waals surface area (Å²) in [5, 5.41) is 6.85. The molecule has 8 heteroatoms. The van der Waals surface area contributed by atoms with Crippen molar-refractivity contribution in [2.45, 2.75) is 25.3 Å². The van der Waals surface area contributed by atoms with Gasteiger partial charge in [-0.25, -0.2) is 0 Å². The predicted octanol–water partition coefficient (Wildman–Crippen LogP) is 2.67. The van der Waals surface area contributed by atoms with Crippen molar-refractivity contribution < 1.29 is 14.2 Å². The van der Waals surface area contributed by atoms with Crippen molar-refractivity contribution in [3.63, 3.8) is 0 Å². The van der Waals surface area contributed by atoms with Crippen molar-refractivity contribution in [1.29, 1.82) is 0 Å². The van der Waals surface area contributed by atoms with Gasteiger partial charge in [0.2, 0.25) is 0 Å². The second-order valence-corrected chi connectivity index (χ2v) is 6.87. The molecule has 0 aliphatic carbocycles. The quantitative estimate of drug-likeness (QED) is 0.191. The average Bonchev–Trinajstić information content (AvgIpc) is 3.26. The van der Waals surface area contributed by atoms with E-state index in [0.717, 1.165) is 44.3 Å². The van der Waals surface area contributed by atoms with Crippen LogP contribution >= 0.6 is 24.0 Å². The van der Waals surface area contributed by atoms with E-state index in [4.69, 9.17) is 14.2 Å². The Morgan fingerprint density at radius 2 is 1.93 bits per heavy atom. The molecule has 0 amide bonds. The fourth-order valence-corrected chi connectivity index (χ4v) is 3.40. The summed E-state index contributed by atoms with van der Waals surface area (Å²) in [6.07, 6.45) is 3.45. The molecule has 1 aliphatic rings. The van der Waals surface area contributed by atoms with Crippen molar-refractivity contribution in [3.05, 3.63) is 29.8 Å². The molecule has 2 rings (SSSR count). The van der Waals surface area contributed by atoms with E-state index in [-0.39, 0.29) is 24.0 Å². The topological polar surface area (TPSA) is 67.4 Å². The van der Waals surface area contributed by atoms with Crippen molar-refractivity contribution in [2.24, 2.45) is 4.99 Å². The van der Waals surface area contributed by atoms with Crippen LogP contribution in [0.15, 0.2) is 29.3 Å². The fourth-order valence-electron chi connectivity index (χ4n) is 3.40. The van der Waals surface area contributed by atoms with Crippen LogP contribution in [0.5, 0.6) is 5.75 Å². The number of nitrogens with one attached hydrogen (secondary N) is 2. The largest absolute Gasteiger partial charge is 0.497 e. The van der Waals surface area contributed by atoms with Gasteiger partial charge < -0.3 is 24.8 Å². The van der Waals surface area contributed by atoms with Gasteiger partial charge in [0.05, 0.1) is 26.4 Å². The minimum Gasteiger partial charge on any atom is -0.497 e. The Hall–Kier alpha value is -1.10. The number of guanidine groups is 1. The van der Waals surface area contributed by atoms with E-state index in [0.29, 0.717) is 25.9 Å². The Bertz CT molecular complexity index is 583. The molecule has 0 saturated carbocycles. The van der Waals surface area contributed by atoms with E-state index in [1.165, 1.54) is 18.4 Å². The molecule has 1 fully saturated rings. The number of likely N-dealkylation sites (tertiary alicyclic amines) is 1. The van der Waals surface area contributed by atoms with Crippen LogP contribution in [0.3, 0.4) is 0 Å². The molecule has 1 unspecified atom stereocenters. The van der Waals surface area contributed by atoms with E-state index < -0.39 is 0 Å². The summed E-state index contributed by atoms with van der Waals surface area (Å²) < 4.78 is 15.9. The third-order valence-corrected chi connectivity index (χ3v) is 4.94. The lowest BCUT2D eigenvalue weighted by atomic mass is 10.1. The number of ether oxygens (including phenoxy) is 3. The third-order valence-electron chi connectivity index (χ3n) is 4.94. The molecule has 1 saturated heterocycles. The zero-order chi connectivity index (χ0) is 20.0.